The van der Waals surface area contributed by atoms with E-state index in [9.17, 15) is 26.4 Å². The zero-order chi connectivity index (χ0) is 13.8. The van der Waals surface area contributed by atoms with Crippen LogP contribution in [0.15, 0.2) is 0 Å². The molecule has 106 valence electrons. The number of rotatable bonds is 5. The SMILES string of the molecule is O=C(CSC1CCS(=O)(=O)C1)NOCC(F)(F)F. The fourth-order valence-electron chi connectivity index (χ4n) is 1.31. The van der Waals surface area contributed by atoms with Gasteiger partial charge in [-0.25, -0.2) is 13.9 Å². The normalized spacial score (nSPS) is 22.9. The van der Waals surface area contributed by atoms with E-state index in [2.05, 4.69) is 4.84 Å². The summed E-state index contributed by atoms with van der Waals surface area (Å²) < 4.78 is 57.2. The van der Waals surface area contributed by atoms with Gasteiger partial charge in [0.1, 0.15) is 0 Å². The molecular formula is C8H12F3NO4S2. The third kappa shape index (κ3) is 6.45. The van der Waals surface area contributed by atoms with E-state index in [1.165, 1.54) is 0 Å². The molecule has 1 N–H and O–H groups in total. The molecular weight excluding hydrogens is 295 g/mol. The molecule has 1 aliphatic rings. The highest BCUT2D eigenvalue weighted by molar-refractivity contribution is 8.02. The van der Waals surface area contributed by atoms with Gasteiger partial charge in [0.15, 0.2) is 16.4 Å². The largest absolute Gasteiger partial charge is 0.414 e. The molecule has 1 fully saturated rings. The Labute approximate surface area is 106 Å². The van der Waals surface area contributed by atoms with E-state index in [-0.39, 0.29) is 22.5 Å². The van der Waals surface area contributed by atoms with Crippen molar-refractivity contribution in [3.8, 4) is 0 Å². The van der Waals surface area contributed by atoms with Gasteiger partial charge < -0.3 is 0 Å². The number of halogens is 3. The Morgan fingerprint density at radius 1 is 1.44 bits per heavy atom. The van der Waals surface area contributed by atoms with Gasteiger partial charge in [0, 0.05) is 5.25 Å². The van der Waals surface area contributed by atoms with Crippen LogP contribution in [0.3, 0.4) is 0 Å². The molecule has 18 heavy (non-hydrogen) atoms. The number of amides is 1. The van der Waals surface area contributed by atoms with Crippen LogP contribution in [0.25, 0.3) is 0 Å². The van der Waals surface area contributed by atoms with Crippen LogP contribution in [0.2, 0.25) is 0 Å². The fraction of sp³-hybridized carbons (Fsp3) is 0.875. The number of sulfone groups is 1. The molecule has 10 heteroatoms. The predicted octanol–water partition coefficient (Wildman–Crippen LogP) is 0.517. The van der Waals surface area contributed by atoms with Gasteiger partial charge in [0.05, 0.1) is 17.3 Å². The van der Waals surface area contributed by atoms with E-state index >= 15 is 0 Å². The highest BCUT2D eigenvalue weighted by Gasteiger charge is 2.29. The molecule has 0 radical (unpaired) electrons. The van der Waals surface area contributed by atoms with Crippen molar-refractivity contribution in [1.29, 1.82) is 0 Å². The summed E-state index contributed by atoms with van der Waals surface area (Å²) in [5.74, 6) is -0.739. The summed E-state index contributed by atoms with van der Waals surface area (Å²) in [6.45, 7) is -1.55. The maximum atomic E-state index is 11.7. The van der Waals surface area contributed by atoms with Crippen LogP contribution < -0.4 is 5.48 Å². The van der Waals surface area contributed by atoms with Crippen molar-refractivity contribution >= 4 is 27.5 Å². The van der Waals surface area contributed by atoms with Crippen LogP contribution in [-0.4, -0.2) is 49.6 Å². The average molecular weight is 307 g/mol. The van der Waals surface area contributed by atoms with Crippen molar-refractivity contribution in [3.05, 3.63) is 0 Å². The van der Waals surface area contributed by atoms with E-state index in [4.69, 9.17) is 0 Å². The zero-order valence-electron chi connectivity index (χ0n) is 9.20. The second-order valence-corrected chi connectivity index (χ2v) is 7.28. The molecule has 0 aromatic carbocycles. The second kappa shape index (κ2) is 6.11. The lowest BCUT2D eigenvalue weighted by Gasteiger charge is -2.09. The number of hydrogen-bond donors (Lipinski definition) is 1. The summed E-state index contributed by atoms with van der Waals surface area (Å²) in [7, 11) is -3.01. The van der Waals surface area contributed by atoms with E-state index in [0.717, 1.165) is 11.8 Å². The second-order valence-electron chi connectivity index (χ2n) is 3.77. The molecule has 0 spiro atoms. The zero-order valence-corrected chi connectivity index (χ0v) is 10.8. The number of hydrogen-bond acceptors (Lipinski definition) is 5. The quantitative estimate of drug-likeness (QED) is 0.750. The minimum Gasteiger partial charge on any atom is -0.272 e. The summed E-state index contributed by atoms with van der Waals surface area (Å²) in [6.07, 6.45) is -4.04. The average Bonchev–Trinajstić information content (AvgIpc) is 2.53. The molecule has 5 nitrogen and oxygen atoms in total. The summed E-state index contributed by atoms with van der Waals surface area (Å²) >= 11 is 1.10. The first-order chi connectivity index (χ1) is 8.18. The van der Waals surface area contributed by atoms with Crippen LogP contribution >= 0.6 is 11.8 Å². The molecule has 0 saturated carbocycles. The lowest BCUT2D eigenvalue weighted by atomic mass is 10.4. The topological polar surface area (TPSA) is 72.5 Å². The van der Waals surface area contributed by atoms with Gasteiger partial charge in [-0.05, 0) is 6.42 Å². The monoisotopic (exact) mass is 307 g/mol. The summed E-state index contributed by atoms with van der Waals surface area (Å²) in [5, 5.41) is -0.177. The Morgan fingerprint density at radius 2 is 2.11 bits per heavy atom. The van der Waals surface area contributed by atoms with Gasteiger partial charge in [-0.15, -0.1) is 11.8 Å². The van der Waals surface area contributed by atoms with Gasteiger partial charge in [0.2, 0.25) is 0 Å². The van der Waals surface area contributed by atoms with Gasteiger partial charge in [-0.2, -0.15) is 13.2 Å². The molecule has 1 saturated heterocycles. The van der Waals surface area contributed by atoms with Crippen LogP contribution in [0, 0.1) is 0 Å². The number of carbonyl (C=O) groups excluding carboxylic acids is 1. The van der Waals surface area contributed by atoms with Crippen molar-refractivity contribution in [2.24, 2.45) is 0 Å². The highest BCUT2D eigenvalue weighted by atomic mass is 32.2. The van der Waals surface area contributed by atoms with Gasteiger partial charge in [-0.3, -0.25) is 9.63 Å². The maximum absolute atomic E-state index is 11.7. The molecule has 1 atom stereocenters. The predicted molar refractivity (Wildman–Crippen MR) is 59.7 cm³/mol. The van der Waals surface area contributed by atoms with Crippen molar-refractivity contribution in [1.82, 2.24) is 5.48 Å². The highest BCUT2D eigenvalue weighted by Crippen LogP contribution is 2.23. The first-order valence-corrected chi connectivity index (χ1v) is 7.84. The molecule has 1 unspecified atom stereocenters. The molecule has 0 aromatic rings. The smallest absolute Gasteiger partial charge is 0.272 e. The molecule has 1 rings (SSSR count). The van der Waals surface area contributed by atoms with Gasteiger partial charge in [0.25, 0.3) is 5.91 Å². The summed E-state index contributed by atoms with van der Waals surface area (Å²) in [5.41, 5.74) is 1.65. The van der Waals surface area contributed by atoms with Gasteiger partial charge >= 0.3 is 6.18 Å². The Balaban J connectivity index is 2.15. The van der Waals surface area contributed by atoms with Crippen molar-refractivity contribution in [2.45, 2.75) is 17.8 Å². The van der Waals surface area contributed by atoms with E-state index in [0.29, 0.717) is 6.42 Å². The number of nitrogens with one attached hydrogen (secondary N) is 1. The molecule has 1 aliphatic heterocycles. The van der Waals surface area contributed by atoms with E-state index in [1.807, 2.05) is 0 Å². The first kappa shape index (κ1) is 15.6. The van der Waals surface area contributed by atoms with Crippen molar-refractivity contribution < 1.29 is 31.2 Å². The van der Waals surface area contributed by atoms with Crippen molar-refractivity contribution in [2.75, 3.05) is 23.9 Å². The minimum absolute atomic E-state index is 0.00829. The molecule has 0 bridgehead atoms. The Kier molecular flexibility index (Phi) is 5.29. The minimum atomic E-state index is -4.50. The van der Waals surface area contributed by atoms with Crippen LogP contribution in [0.5, 0.6) is 0 Å². The maximum Gasteiger partial charge on any atom is 0.414 e. The summed E-state index contributed by atoms with van der Waals surface area (Å²) in [6, 6.07) is 0. The number of alkyl halides is 3. The number of thioether (sulfide) groups is 1. The van der Waals surface area contributed by atoms with Crippen LogP contribution in [0.1, 0.15) is 6.42 Å². The van der Waals surface area contributed by atoms with E-state index in [1.54, 1.807) is 5.48 Å². The number of carbonyl (C=O) groups is 1. The van der Waals surface area contributed by atoms with Gasteiger partial charge in [-0.1, -0.05) is 0 Å². The molecule has 0 aliphatic carbocycles. The van der Waals surface area contributed by atoms with Crippen LogP contribution in [0.4, 0.5) is 13.2 Å². The Morgan fingerprint density at radius 3 is 2.61 bits per heavy atom. The van der Waals surface area contributed by atoms with E-state index < -0.39 is 28.5 Å². The molecule has 1 amide bonds. The standard InChI is InChI=1S/C8H12F3NO4S2/c9-8(10,11)5-16-12-7(13)3-17-6-1-2-18(14,15)4-6/h6H,1-5H2,(H,12,13). The Bertz CT molecular complexity index is 396. The lowest BCUT2D eigenvalue weighted by Crippen LogP contribution is -2.31. The molecule has 1 heterocycles. The third-order valence-corrected chi connectivity index (χ3v) is 5.34. The fourth-order valence-corrected chi connectivity index (χ4v) is 4.74. The van der Waals surface area contributed by atoms with Crippen LogP contribution in [-0.2, 0) is 19.5 Å². The molecule has 0 aromatic heterocycles. The van der Waals surface area contributed by atoms with Crippen molar-refractivity contribution in [3.63, 3.8) is 0 Å². The first-order valence-electron chi connectivity index (χ1n) is 4.97. The summed E-state index contributed by atoms with van der Waals surface area (Å²) in [4.78, 5) is 15.0. The third-order valence-electron chi connectivity index (χ3n) is 2.06. The lowest BCUT2D eigenvalue weighted by molar-refractivity contribution is -0.191. The Hall–Kier alpha value is -0.480. The number of hydroxylamine groups is 1.